The summed E-state index contributed by atoms with van der Waals surface area (Å²) in [4.78, 5) is 61.2. The first-order chi connectivity index (χ1) is 25.6. The van der Waals surface area contributed by atoms with E-state index in [9.17, 15) is 18.8 Å². The van der Waals surface area contributed by atoms with Gasteiger partial charge in [-0.3, -0.25) is 19.0 Å². The first-order valence-electron chi connectivity index (χ1n) is 19.7. The number of likely N-dealkylation sites (tertiary alicyclic amines) is 2. The van der Waals surface area contributed by atoms with Gasteiger partial charge in [-0.25, -0.2) is 18.4 Å². The van der Waals surface area contributed by atoms with Crippen LogP contribution in [0.2, 0.25) is 0 Å². The Balaban J connectivity index is 1.49. The predicted molar refractivity (Wildman–Crippen MR) is 208 cm³/mol. The molecule has 2 heterocycles. The summed E-state index contributed by atoms with van der Waals surface area (Å²) < 4.78 is 35.3. The smallest absolute Gasteiger partial charge is 0.407 e. The van der Waals surface area contributed by atoms with E-state index >= 15 is 9.18 Å². The number of rotatable bonds is 10. The van der Waals surface area contributed by atoms with Gasteiger partial charge in [-0.05, 0) is 83.8 Å². The van der Waals surface area contributed by atoms with Gasteiger partial charge in [0.05, 0.1) is 18.5 Å². The quantitative estimate of drug-likeness (QED) is 0.275. The summed E-state index contributed by atoms with van der Waals surface area (Å²) in [5, 5.41) is 5.57. The van der Waals surface area contributed by atoms with Crippen molar-refractivity contribution in [1.29, 1.82) is 0 Å². The normalized spacial score (nSPS) is 26.0. The van der Waals surface area contributed by atoms with E-state index in [1.807, 2.05) is 56.0 Å². The summed E-state index contributed by atoms with van der Waals surface area (Å²) in [6.45, 7) is 15.1. The SMILES string of the molecule is CNC(=O)[C@@H]1C[C@H](N(C(=O)C(C)(C)CNC(=O)OCc2ccccc2)C2CCC(C)(C)CC2)C[N+]1(C)C(=O)[C@]1(c2ccc(F)cc2F)CCN(C(C)(C)C)C1. The van der Waals surface area contributed by atoms with Crippen LogP contribution in [0.5, 0.6) is 0 Å². The number of nitrogens with zero attached hydrogens (tertiary/aromatic N) is 3. The fraction of sp³-hybridized carbons (Fsp3) is 0.628. The van der Waals surface area contributed by atoms with Crippen LogP contribution in [-0.4, -0.2) is 102 Å². The molecule has 2 aromatic carbocycles. The Kier molecular flexibility index (Phi) is 12.2. The Bertz CT molecular complexity index is 1740. The predicted octanol–water partition coefficient (Wildman–Crippen LogP) is 6.32. The lowest BCUT2D eigenvalue weighted by molar-refractivity contribution is -0.840. The van der Waals surface area contributed by atoms with E-state index in [2.05, 4.69) is 29.4 Å². The maximum atomic E-state index is 15.9. The number of benzene rings is 2. The highest BCUT2D eigenvalue weighted by atomic mass is 19.1. The molecule has 5 rings (SSSR count). The van der Waals surface area contributed by atoms with Gasteiger partial charge in [-0.2, -0.15) is 0 Å². The number of nitrogens with one attached hydrogen (secondary N) is 2. The van der Waals surface area contributed by atoms with Crippen molar-refractivity contribution in [1.82, 2.24) is 20.4 Å². The molecule has 12 heteroatoms. The summed E-state index contributed by atoms with van der Waals surface area (Å²) >= 11 is 0. The van der Waals surface area contributed by atoms with Crippen molar-refractivity contribution in [2.24, 2.45) is 10.8 Å². The lowest BCUT2D eigenvalue weighted by Crippen LogP contribution is -2.65. The van der Waals surface area contributed by atoms with Gasteiger partial charge >= 0.3 is 12.0 Å². The maximum Gasteiger partial charge on any atom is 0.407 e. The first-order valence-corrected chi connectivity index (χ1v) is 19.7. The summed E-state index contributed by atoms with van der Waals surface area (Å²) in [7, 11) is 3.28. The van der Waals surface area contributed by atoms with Gasteiger partial charge in [0.25, 0.3) is 5.91 Å². The van der Waals surface area contributed by atoms with Crippen LogP contribution in [0.15, 0.2) is 48.5 Å². The fourth-order valence-corrected chi connectivity index (χ4v) is 9.13. The molecule has 4 atom stereocenters. The topological polar surface area (TPSA) is 108 Å². The largest absolute Gasteiger partial charge is 0.445 e. The number of hydrogen-bond donors (Lipinski definition) is 2. The van der Waals surface area contributed by atoms with Crippen LogP contribution < -0.4 is 10.6 Å². The number of alkyl carbamates (subject to hydrolysis) is 1. The molecule has 2 saturated heterocycles. The van der Waals surface area contributed by atoms with Gasteiger partial charge in [-0.1, -0.05) is 50.2 Å². The third kappa shape index (κ3) is 8.90. The summed E-state index contributed by atoms with van der Waals surface area (Å²) in [5.74, 6) is -2.36. The first kappa shape index (κ1) is 42.2. The van der Waals surface area contributed by atoms with E-state index in [0.29, 0.717) is 13.0 Å². The molecule has 3 fully saturated rings. The Labute approximate surface area is 325 Å². The average molecular weight is 767 g/mol. The third-order valence-electron chi connectivity index (χ3n) is 12.7. The van der Waals surface area contributed by atoms with Crippen LogP contribution in [0.25, 0.3) is 0 Å². The van der Waals surface area contributed by atoms with Crippen LogP contribution in [0.3, 0.4) is 0 Å². The molecule has 302 valence electrons. The number of likely N-dealkylation sites (N-methyl/N-ethyl adjacent to an activating group) is 2. The van der Waals surface area contributed by atoms with Gasteiger partial charge in [0.1, 0.15) is 30.2 Å². The number of hydrogen-bond acceptors (Lipinski definition) is 6. The van der Waals surface area contributed by atoms with E-state index in [-0.39, 0.29) is 77.4 Å². The lowest BCUT2D eigenvalue weighted by atomic mass is 9.74. The molecule has 55 heavy (non-hydrogen) atoms. The number of amides is 4. The minimum Gasteiger partial charge on any atom is -0.445 e. The van der Waals surface area contributed by atoms with Crippen molar-refractivity contribution in [3.8, 4) is 0 Å². The van der Waals surface area contributed by atoms with Crippen LogP contribution in [0.1, 0.15) is 98.1 Å². The van der Waals surface area contributed by atoms with Crippen LogP contribution in [-0.2, 0) is 31.1 Å². The monoisotopic (exact) mass is 766 g/mol. The molecule has 1 aliphatic carbocycles. The molecule has 10 nitrogen and oxygen atoms in total. The second-order valence-electron chi connectivity index (χ2n) is 18.7. The lowest BCUT2D eigenvalue weighted by Gasteiger charge is -2.45. The zero-order chi connectivity index (χ0) is 40.6. The van der Waals surface area contributed by atoms with E-state index < -0.39 is 40.6 Å². The number of carbonyl (C=O) groups excluding carboxylic acids is 4. The van der Waals surface area contributed by atoms with E-state index in [4.69, 9.17) is 4.74 Å². The summed E-state index contributed by atoms with van der Waals surface area (Å²) in [6.07, 6.45) is 3.20. The van der Waals surface area contributed by atoms with E-state index in [1.54, 1.807) is 20.9 Å². The Morgan fingerprint density at radius 1 is 0.964 bits per heavy atom. The van der Waals surface area contributed by atoms with Crippen LogP contribution >= 0.6 is 0 Å². The van der Waals surface area contributed by atoms with Crippen molar-refractivity contribution in [2.45, 2.75) is 123 Å². The molecule has 2 aromatic rings. The van der Waals surface area contributed by atoms with Gasteiger partial charge in [0, 0.05) is 56.3 Å². The fourth-order valence-electron chi connectivity index (χ4n) is 9.13. The summed E-state index contributed by atoms with van der Waals surface area (Å²) in [5.41, 5.74) is -1.69. The molecular weight excluding hydrogens is 704 g/mol. The van der Waals surface area contributed by atoms with Crippen molar-refractivity contribution < 1.29 is 37.2 Å². The summed E-state index contributed by atoms with van der Waals surface area (Å²) in [6, 6.07) is 11.2. The van der Waals surface area contributed by atoms with Crippen molar-refractivity contribution >= 4 is 23.8 Å². The molecule has 2 N–H and O–H groups in total. The number of halogens is 2. The standard InChI is InChI=1S/C43H61F2N5O5/c1-40(2,3)48-22-21-43(28-48,33-16-15-30(44)23-34(33)45)38(53)50(9)25-32(24-35(50)36(51)46-8)49(31-17-19-41(4,5)20-18-31)37(52)42(6,7)27-47-39(54)55-26-29-13-11-10-12-14-29/h10-16,23,31-32,35H,17-22,24-28H2,1-9H3,(H-,46,47,51,54)/p+1/t32-,35-,43+,50?/m0/s1. The Morgan fingerprint density at radius 3 is 2.20 bits per heavy atom. The third-order valence-corrected chi connectivity index (χ3v) is 12.7. The molecule has 0 aromatic heterocycles. The Morgan fingerprint density at radius 2 is 1.62 bits per heavy atom. The molecule has 0 radical (unpaired) electrons. The molecule has 3 aliphatic rings. The Hall–Kier alpha value is -3.90. The minimum atomic E-state index is -1.37. The van der Waals surface area contributed by atoms with Crippen LogP contribution in [0.4, 0.5) is 13.6 Å². The second-order valence-corrected chi connectivity index (χ2v) is 18.7. The number of carbonyl (C=O) groups is 4. The van der Waals surface area contributed by atoms with Gasteiger partial charge < -0.3 is 20.3 Å². The van der Waals surface area contributed by atoms with Gasteiger partial charge in [0.15, 0.2) is 6.04 Å². The zero-order valence-electron chi connectivity index (χ0n) is 34.3. The van der Waals surface area contributed by atoms with Crippen molar-refractivity contribution in [3.63, 3.8) is 0 Å². The van der Waals surface area contributed by atoms with Crippen LogP contribution in [0, 0.1) is 22.5 Å². The van der Waals surface area contributed by atoms with E-state index in [1.165, 1.54) is 19.2 Å². The van der Waals surface area contributed by atoms with Gasteiger partial charge in [-0.15, -0.1) is 0 Å². The second kappa shape index (κ2) is 15.9. The van der Waals surface area contributed by atoms with Gasteiger partial charge in [0.2, 0.25) is 5.91 Å². The molecule has 0 spiro atoms. The number of ether oxygens (including phenoxy) is 1. The van der Waals surface area contributed by atoms with Crippen molar-refractivity contribution in [2.75, 3.05) is 40.3 Å². The van der Waals surface area contributed by atoms with E-state index in [0.717, 1.165) is 37.3 Å². The van der Waals surface area contributed by atoms with Crippen molar-refractivity contribution in [3.05, 3.63) is 71.3 Å². The molecule has 0 bridgehead atoms. The highest BCUT2D eigenvalue weighted by Crippen LogP contribution is 2.46. The molecular formula is C43H62F2N5O5+. The molecule has 2 aliphatic heterocycles. The zero-order valence-corrected chi connectivity index (χ0v) is 34.3. The molecule has 1 saturated carbocycles. The minimum absolute atomic E-state index is 0.0143. The molecule has 1 unspecified atom stereocenters. The highest BCUT2D eigenvalue weighted by Gasteiger charge is 2.64. The maximum absolute atomic E-state index is 15.9. The molecule has 4 amide bonds. The number of quaternary nitrogens is 1. The highest BCUT2D eigenvalue weighted by molar-refractivity contribution is 5.89. The average Bonchev–Trinajstić information content (AvgIpc) is 3.74.